The second-order valence-corrected chi connectivity index (χ2v) is 6.18. The van der Waals surface area contributed by atoms with Gasteiger partial charge in [-0.2, -0.15) is 0 Å². The summed E-state index contributed by atoms with van der Waals surface area (Å²) in [6, 6.07) is 6.03. The molecular weight excluding hydrogens is 281 g/mol. The summed E-state index contributed by atoms with van der Waals surface area (Å²) in [5.41, 5.74) is 6.54. The molecule has 0 radical (unpaired) electrons. The molecule has 0 amide bonds. The number of methoxy groups -OCH3 is 1. The summed E-state index contributed by atoms with van der Waals surface area (Å²) in [5, 5.41) is 10.3. The number of benzene rings is 1. The van der Waals surface area contributed by atoms with E-state index >= 15 is 0 Å². The largest absolute Gasteiger partial charge is 0.496 e. The van der Waals surface area contributed by atoms with Gasteiger partial charge in [-0.25, -0.2) is 0 Å². The lowest BCUT2D eigenvalue weighted by molar-refractivity contribution is 0.133. The molecule has 1 aromatic rings. The molecule has 2 atom stereocenters. The summed E-state index contributed by atoms with van der Waals surface area (Å²) in [5.74, 6) is -0.947. The fourth-order valence-corrected chi connectivity index (χ4v) is 3.50. The summed E-state index contributed by atoms with van der Waals surface area (Å²) < 4.78 is 27.9. The van der Waals surface area contributed by atoms with Crippen LogP contribution >= 0.6 is 7.60 Å². The smallest absolute Gasteiger partial charge is 0.360 e. The first-order valence-corrected chi connectivity index (χ1v) is 8.06. The highest BCUT2D eigenvalue weighted by Gasteiger charge is 2.39. The highest BCUT2D eigenvalue weighted by atomic mass is 31.2. The van der Waals surface area contributed by atoms with Gasteiger partial charge in [-0.15, -0.1) is 0 Å². The van der Waals surface area contributed by atoms with Gasteiger partial charge in [0, 0.05) is 5.56 Å². The van der Waals surface area contributed by atoms with Crippen LogP contribution in [0.5, 0.6) is 5.75 Å². The number of para-hydroxylation sites is 1. The van der Waals surface area contributed by atoms with Gasteiger partial charge >= 0.3 is 7.60 Å². The lowest BCUT2D eigenvalue weighted by atomic mass is 10.1. The third-order valence-electron chi connectivity index (χ3n) is 2.76. The molecule has 0 aromatic heterocycles. The summed E-state index contributed by atoms with van der Waals surface area (Å²) >= 11 is 0. The van der Waals surface area contributed by atoms with Crippen molar-refractivity contribution in [2.75, 3.05) is 20.3 Å². The van der Waals surface area contributed by atoms with Gasteiger partial charge < -0.3 is 24.6 Å². The quantitative estimate of drug-likeness (QED) is 0.716. The van der Waals surface area contributed by atoms with Crippen molar-refractivity contribution in [2.24, 2.45) is 5.73 Å². The van der Waals surface area contributed by atoms with Crippen LogP contribution in [0.3, 0.4) is 0 Å². The SMILES string of the molecule is CCOP(=O)(OCC)[C@H](O)[C@H](N)c1ccccc1OC. The van der Waals surface area contributed by atoms with Crippen LogP contribution in [0, 0.1) is 0 Å². The minimum absolute atomic E-state index is 0.160. The van der Waals surface area contributed by atoms with Crippen LogP contribution in [0.25, 0.3) is 0 Å². The second-order valence-electron chi connectivity index (χ2n) is 4.06. The Labute approximate surface area is 119 Å². The van der Waals surface area contributed by atoms with Crippen molar-refractivity contribution in [2.45, 2.75) is 25.7 Å². The zero-order chi connectivity index (χ0) is 15.2. The van der Waals surface area contributed by atoms with Crippen molar-refractivity contribution in [3.63, 3.8) is 0 Å². The molecule has 0 aliphatic heterocycles. The van der Waals surface area contributed by atoms with Crippen molar-refractivity contribution in [3.05, 3.63) is 29.8 Å². The first-order valence-electron chi connectivity index (χ1n) is 6.45. The number of aliphatic hydroxyl groups excluding tert-OH is 1. The normalized spacial score (nSPS) is 14.8. The van der Waals surface area contributed by atoms with Crippen molar-refractivity contribution >= 4 is 7.60 Å². The van der Waals surface area contributed by atoms with Gasteiger partial charge in [0.15, 0.2) is 5.85 Å². The predicted octanol–water partition coefficient (Wildman–Crippen LogP) is 2.28. The Kier molecular flexibility index (Phi) is 6.65. The van der Waals surface area contributed by atoms with E-state index in [2.05, 4.69) is 0 Å². The van der Waals surface area contributed by atoms with Gasteiger partial charge in [0.1, 0.15) is 5.75 Å². The summed E-state index contributed by atoms with van der Waals surface area (Å²) in [4.78, 5) is 0. The topological polar surface area (TPSA) is 91.0 Å². The van der Waals surface area contributed by atoms with Gasteiger partial charge in [0.25, 0.3) is 0 Å². The Bertz CT molecular complexity index is 458. The van der Waals surface area contributed by atoms with Crippen LogP contribution in [0.15, 0.2) is 24.3 Å². The molecule has 114 valence electrons. The number of hydrogen-bond acceptors (Lipinski definition) is 6. The van der Waals surface area contributed by atoms with E-state index in [9.17, 15) is 9.67 Å². The van der Waals surface area contributed by atoms with E-state index in [1.807, 2.05) is 0 Å². The van der Waals surface area contributed by atoms with Crippen LogP contribution in [-0.4, -0.2) is 31.3 Å². The number of ether oxygens (including phenoxy) is 1. The summed E-state index contributed by atoms with van der Waals surface area (Å²) in [6.45, 7) is 3.67. The molecule has 0 unspecified atom stereocenters. The van der Waals surface area contributed by atoms with Crippen LogP contribution in [0.2, 0.25) is 0 Å². The van der Waals surface area contributed by atoms with Crippen LogP contribution < -0.4 is 10.5 Å². The highest BCUT2D eigenvalue weighted by Crippen LogP contribution is 2.55. The maximum Gasteiger partial charge on any atom is 0.360 e. The van der Waals surface area contributed by atoms with Crippen LogP contribution in [0.1, 0.15) is 25.5 Å². The first kappa shape index (κ1) is 17.1. The second kappa shape index (κ2) is 7.76. The average molecular weight is 303 g/mol. The van der Waals surface area contributed by atoms with Crippen LogP contribution in [-0.2, 0) is 13.6 Å². The number of rotatable bonds is 8. The minimum Gasteiger partial charge on any atom is -0.496 e. The molecule has 3 N–H and O–H groups in total. The third-order valence-corrected chi connectivity index (χ3v) is 4.97. The molecule has 0 spiro atoms. The van der Waals surface area contributed by atoms with E-state index < -0.39 is 19.5 Å². The first-order chi connectivity index (χ1) is 9.50. The summed E-state index contributed by atoms with van der Waals surface area (Å²) in [7, 11) is -2.18. The van der Waals surface area contributed by atoms with E-state index in [4.69, 9.17) is 19.5 Å². The molecule has 6 nitrogen and oxygen atoms in total. The minimum atomic E-state index is -3.69. The van der Waals surface area contributed by atoms with E-state index in [1.54, 1.807) is 38.1 Å². The Hall–Kier alpha value is -0.910. The van der Waals surface area contributed by atoms with Gasteiger partial charge in [0.2, 0.25) is 0 Å². The van der Waals surface area contributed by atoms with Crippen molar-refractivity contribution in [3.8, 4) is 5.75 Å². The Morgan fingerprint density at radius 2 is 1.80 bits per heavy atom. The van der Waals surface area contributed by atoms with Gasteiger partial charge in [0.05, 0.1) is 26.4 Å². The lowest BCUT2D eigenvalue weighted by Crippen LogP contribution is -2.28. The zero-order valence-electron chi connectivity index (χ0n) is 12.0. The van der Waals surface area contributed by atoms with Crippen LogP contribution in [0.4, 0.5) is 0 Å². The highest BCUT2D eigenvalue weighted by molar-refractivity contribution is 7.54. The zero-order valence-corrected chi connectivity index (χ0v) is 12.9. The Balaban J connectivity index is 3.05. The van der Waals surface area contributed by atoms with E-state index in [1.165, 1.54) is 7.11 Å². The summed E-state index contributed by atoms with van der Waals surface area (Å²) in [6.07, 6.45) is 0. The third kappa shape index (κ3) is 3.81. The number of nitrogens with two attached hydrogens (primary N) is 1. The molecule has 1 rings (SSSR count). The van der Waals surface area contributed by atoms with E-state index in [0.29, 0.717) is 11.3 Å². The molecule has 0 aliphatic rings. The number of aliphatic hydroxyl groups is 1. The molecule has 0 saturated carbocycles. The van der Waals surface area contributed by atoms with Crippen molar-refractivity contribution in [1.29, 1.82) is 0 Å². The monoisotopic (exact) mass is 303 g/mol. The average Bonchev–Trinajstić information content (AvgIpc) is 2.46. The maximum atomic E-state index is 12.5. The number of hydrogen-bond donors (Lipinski definition) is 2. The predicted molar refractivity (Wildman–Crippen MR) is 76.8 cm³/mol. The molecule has 1 aromatic carbocycles. The van der Waals surface area contributed by atoms with E-state index in [-0.39, 0.29) is 13.2 Å². The Morgan fingerprint density at radius 3 is 2.30 bits per heavy atom. The van der Waals surface area contributed by atoms with Gasteiger partial charge in [-0.05, 0) is 19.9 Å². The molecule has 0 fully saturated rings. The molecule has 0 bridgehead atoms. The molecule has 0 heterocycles. The lowest BCUT2D eigenvalue weighted by Gasteiger charge is -2.27. The molecule has 0 aliphatic carbocycles. The molecule has 20 heavy (non-hydrogen) atoms. The molecule has 7 heteroatoms. The van der Waals surface area contributed by atoms with Gasteiger partial charge in [-0.3, -0.25) is 4.57 Å². The fraction of sp³-hybridized carbons (Fsp3) is 0.538. The maximum absolute atomic E-state index is 12.5. The van der Waals surface area contributed by atoms with Crippen molar-refractivity contribution < 1.29 is 23.5 Å². The van der Waals surface area contributed by atoms with E-state index in [0.717, 1.165) is 0 Å². The molecular formula is C13H22NO5P. The standard InChI is InChI=1S/C13H22NO5P/c1-4-18-20(16,19-5-2)13(15)12(14)10-8-6-7-9-11(10)17-3/h6-9,12-13,15H,4-5,14H2,1-3H3/t12-,13+/m1/s1. The van der Waals surface area contributed by atoms with Crippen molar-refractivity contribution in [1.82, 2.24) is 0 Å². The Morgan fingerprint density at radius 1 is 1.25 bits per heavy atom. The molecule has 0 saturated heterocycles. The van der Waals surface area contributed by atoms with Gasteiger partial charge in [-0.1, -0.05) is 18.2 Å². The fourth-order valence-electron chi connectivity index (χ4n) is 1.85.